The second-order valence-corrected chi connectivity index (χ2v) is 3.54. The van der Waals surface area contributed by atoms with E-state index in [0.717, 1.165) is 11.5 Å². The highest BCUT2D eigenvalue weighted by atomic mass is 35.5. The van der Waals surface area contributed by atoms with Gasteiger partial charge in [0.05, 0.1) is 6.20 Å². The number of fused-ring (bicyclic) bond motifs is 1. The fraction of sp³-hybridized carbons (Fsp3) is 0.375. The van der Waals surface area contributed by atoms with E-state index in [0.29, 0.717) is 11.1 Å². The Hall–Kier alpha value is -1.16. The Morgan fingerprint density at radius 1 is 1.38 bits per heavy atom. The molecular weight excluding hydrogens is 188 g/mol. The van der Waals surface area contributed by atoms with Crippen LogP contribution in [0.25, 0.3) is 5.65 Å². The maximum atomic E-state index is 5.76. The van der Waals surface area contributed by atoms with Gasteiger partial charge in [-0.25, -0.2) is 4.98 Å². The van der Waals surface area contributed by atoms with Gasteiger partial charge in [0.15, 0.2) is 5.65 Å². The van der Waals surface area contributed by atoms with E-state index >= 15 is 0 Å². The zero-order chi connectivity index (χ0) is 9.42. The molecule has 4 nitrogen and oxygen atoms in total. The van der Waals surface area contributed by atoms with Gasteiger partial charge in [-0.3, -0.25) is 4.40 Å². The zero-order valence-corrected chi connectivity index (χ0v) is 8.15. The predicted molar refractivity (Wildman–Crippen MR) is 49.9 cm³/mol. The molecule has 0 fully saturated rings. The van der Waals surface area contributed by atoms with Crippen molar-refractivity contribution in [3.8, 4) is 0 Å². The molecule has 0 amide bonds. The second kappa shape index (κ2) is 2.96. The molecule has 0 atom stereocenters. The van der Waals surface area contributed by atoms with Gasteiger partial charge in [0.1, 0.15) is 11.0 Å². The van der Waals surface area contributed by atoms with Crippen LogP contribution in [0.4, 0.5) is 0 Å². The maximum absolute atomic E-state index is 5.76. The van der Waals surface area contributed by atoms with E-state index < -0.39 is 0 Å². The van der Waals surface area contributed by atoms with Crippen molar-refractivity contribution in [3.05, 3.63) is 23.4 Å². The normalized spacial score (nSPS) is 11.4. The van der Waals surface area contributed by atoms with E-state index in [1.165, 1.54) is 0 Å². The molecular formula is C8H9ClN4. The van der Waals surface area contributed by atoms with Gasteiger partial charge in [0.25, 0.3) is 0 Å². The third kappa shape index (κ3) is 1.37. The van der Waals surface area contributed by atoms with Crippen molar-refractivity contribution in [3.63, 3.8) is 0 Å². The van der Waals surface area contributed by atoms with Crippen molar-refractivity contribution in [1.82, 2.24) is 19.6 Å². The van der Waals surface area contributed by atoms with Gasteiger partial charge in [0.2, 0.25) is 0 Å². The monoisotopic (exact) mass is 196 g/mol. The average molecular weight is 197 g/mol. The van der Waals surface area contributed by atoms with Crippen LogP contribution in [0, 0.1) is 0 Å². The molecule has 0 unspecified atom stereocenters. The Morgan fingerprint density at radius 2 is 2.15 bits per heavy atom. The molecule has 0 spiro atoms. The Balaban J connectivity index is 2.71. The molecule has 0 aliphatic rings. The summed E-state index contributed by atoms with van der Waals surface area (Å²) < 4.78 is 1.86. The molecule has 0 saturated carbocycles. The fourth-order valence-electron chi connectivity index (χ4n) is 1.19. The quantitative estimate of drug-likeness (QED) is 0.700. The molecule has 0 N–H and O–H groups in total. The highest BCUT2D eigenvalue weighted by molar-refractivity contribution is 6.29. The van der Waals surface area contributed by atoms with Crippen LogP contribution in [-0.4, -0.2) is 19.6 Å². The van der Waals surface area contributed by atoms with E-state index in [1.807, 2.05) is 4.40 Å². The third-order valence-corrected chi connectivity index (χ3v) is 2.00. The molecule has 0 radical (unpaired) electrons. The molecule has 0 saturated heterocycles. The van der Waals surface area contributed by atoms with E-state index in [9.17, 15) is 0 Å². The predicted octanol–water partition coefficient (Wildman–Crippen LogP) is 1.90. The standard InChI is InChI=1S/C8H9ClN4/c1-5(2)8-12-11-7-3-10-6(9)4-13(7)8/h3-5H,1-2H3. The van der Waals surface area contributed by atoms with Gasteiger partial charge < -0.3 is 0 Å². The van der Waals surface area contributed by atoms with Crippen LogP contribution >= 0.6 is 11.6 Å². The van der Waals surface area contributed by atoms with Crippen molar-refractivity contribution < 1.29 is 0 Å². The van der Waals surface area contributed by atoms with E-state index in [2.05, 4.69) is 29.0 Å². The lowest BCUT2D eigenvalue weighted by molar-refractivity contribution is 0.758. The number of hydrogen-bond donors (Lipinski definition) is 0. The first-order valence-corrected chi connectivity index (χ1v) is 4.42. The highest BCUT2D eigenvalue weighted by Gasteiger charge is 2.08. The van der Waals surface area contributed by atoms with E-state index in [1.54, 1.807) is 12.4 Å². The summed E-state index contributed by atoms with van der Waals surface area (Å²) in [6.07, 6.45) is 3.34. The lowest BCUT2D eigenvalue weighted by Crippen LogP contribution is -1.97. The van der Waals surface area contributed by atoms with Gasteiger partial charge in [-0.2, -0.15) is 0 Å². The minimum Gasteiger partial charge on any atom is -0.282 e. The Kier molecular flexibility index (Phi) is 1.92. The Bertz CT molecular complexity index is 435. The summed E-state index contributed by atoms with van der Waals surface area (Å²) >= 11 is 5.76. The van der Waals surface area contributed by atoms with Gasteiger partial charge in [-0.1, -0.05) is 25.4 Å². The molecule has 13 heavy (non-hydrogen) atoms. The number of nitrogens with zero attached hydrogens (tertiary/aromatic N) is 4. The molecule has 2 aromatic heterocycles. The van der Waals surface area contributed by atoms with Gasteiger partial charge in [-0.05, 0) is 0 Å². The Labute approximate surface area is 80.6 Å². The van der Waals surface area contributed by atoms with Gasteiger partial charge in [0, 0.05) is 12.1 Å². The van der Waals surface area contributed by atoms with Crippen molar-refractivity contribution in [2.24, 2.45) is 0 Å². The van der Waals surface area contributed by atoms with Gasteiger partial charge in [-0.15, -0.1) is 10.2 Å². The van der Waals surface area contributed by atoms with Gasteiger partial charge >= 0.3 is 0 Å². The largest absolute Gasteiger partial charge is 0.282 e. The Morgan fingerprint density at radius 3 is 2.85 bits per heavy atom. The molecule has 5 heteroatoms. The van der Waals surface area contributed by atoms with Crippen LogP contribution in [0.2, 0.25) is 5.15 Å². The summed E-state index contributed by atoms with van der Waals surface area (Å²) in [6.45, 7) is 4.12. The number of hydrogen-bond acceptors (Lipinski definition) is 3. The number of halogens is 1. The zero-order valence-electron chi connectivity index (χ0n) is 7.40. The summed E-state index contributed by atoms with van der Waals surface area (Å²) in [5, 5.41) is 8.48. The summed E-state index contributed by atoms with van der Waals surface area (Å²) in [6, 6.07) is 0. The smallest absolute Gasteiger partial charge is 0.179 e. The van der Waals surface area contributed by atoms with Crippen LogP contribution < -0.4 is 0 Å². The van der Waals surface area contributed by atoms with Crippen molar-refractivity contribution in [2.45, 2.75) is 19.8 Å². The molecule has 2 heterocycles. The fourth-order valence-corrected chi connectivity index (χ4v) is 1.34. The summed E-state index contributed by atoms with van der Waals surface area (Å²) in [5.41, 5.74) is 0.730. The summed E-state index contributed by atoms with van der Waals surface area (Å²) in [5.74, 6) is 1.23. The molecule has 2 aromatic rings. The molecule has 0 aliphatic carbocycles. The molecule has 0 aromatic carbocycles. The van der Waals surface area contributed by atoms with Crippen LogP contribution in [0.3, 0.4) is 0 Å². The summed E-state index contributed by atoms with van der Waals surface area (Å²) in [4.78, 5) is 3.92. The lowest BCUT2D eigenvalue weighted by atomic mass is 10.2. The molecule has 2 rings (SSSR count). The topological polar surface area (TPSA) is 43.1 Å². The average Bonchev–Trinajstić information content (AvgIpc) is 2.46. The van der Waals surface area contributed by atoms with E-state index in [-0.39, 0.29) is 0 Å². The van der Waals surface area contributed by atoms with E-state index in [4.69, 9.17) is 11.6 Å². The second-order valence-electron chi connectivity index (χ2n) is 3.15. The van der Waals surface area contributed by atoms with Crippen molar-refractivity contribution >= 4 is 17.2 Å². The minimum atomic E-state index is 0.327. The highest BCUT2D eigenvalue weighted by Crippen LogP contribution is 2.14. The van der Waals surface area contributed by atoms with Crippen molar-refractivity contribution in [1.29, 1.82) is 0 Å². The maximum Gasteiger partial charge on any atom is 0.179 e. The first-order chi connectivity index (χ1) is 6.18. The van der Waals surface area contributed by atoms with Crippen LogP contribution in [-0.2, 0) is 0 Å². The first-order valence-electron chi connectivity index (χ1n) is 4.04. The minimum absolute atomic E-state index is 0.327. The van der Waals surface area contributed by atoms with Crippen molar-refractivity contribution in [2.75, 3.05) is 0 Å². The number of rotatable bonds is 1. The van der Waals surface area contributed by atoms with Crippen LogP contribution in [0.5, 0.6) is 0 Å². The molecule has 0 bridgehead atoms. The number of aromatic nitrogens is 4. The summed E-state index contributed by atoms with van der Waals surface area (Å²) in [7, 11) is 0. The van der Waals surface area contributed by atoms with Crippen LogP contribution in [0.15, 0.2) is 12.4 Å². The third-order valence-electron chi connectivity index (χ3n) is 1.80. The first kappa shape index (κ1) is 8.44. The lowest BCUT2D eigenvalue weighted by Gasteiger charge is -2.01. The van der Waals surface area contributed by atoms with Crippen LogP contribution in [0.1, 0.15) is 25.6 Å². The molecule has 68 valence electrons. The molecule has 0 aliphatic heterocycles. The SMILES string of the molecule is CC(C)c1nnc2cnc(Cl)cn12.